The number of carbonyl (C=O) groups is 1. The molecule has 110 valence electrons. The molecular weight excluding hydrogens is 290 g/mol. The first-order valence-corrected chi connectivity index (χ1v) is 6.69. The van der Waals surface area contributed by atoms with Crippen molar-refractivity contribution < 1.29 is 9.53 Å². The number of pyridine rings is 1. The summed E-state index contributed by atoms with van der Waals surface area (Å²) in [4.78, 5) is 17.8. The molecule has 0 aliphatic heterocycles. The molecule has 0 aliphatic rings. The van der Waals surface area contributed by atoms with Crippen molar-refractivity contribution in [2.24, 2.45) is 0 Å². The number of hydrogen-bond acceptors (Lipinski definition) is 5. The van der Waals surface area contributed by atoms with Gasteiger partial charge in [0.25, 0.3) is 0 Å². The summed E-state index contributed by atoms with van der Waals surface area (Å²) in [6.45, 7) is 0.567. The minimum Gasteiger partial charge on any atom is -0.465 e. The molecule has 0 radical (unpaired) electrons. The second-order valence-corrected chi connectivity index (χ2v) is 4.98. The van der Waals surface area contributed by atoms with Gasteiger partial charge in [-0.2, -0.15) is 0 Å². The Morgan fingerprint density at radius 3 is 2.81 bits per heavy atom. The number of methoxy groups -OCH3 is 1. The van der Waals surface area contributed by atoms with Gasteiger partial charge in [-0.3, -0.25) is 0 Å². The van der Waals surface area contributed by atoms with Crippen molar-refractivity contribution in [1.82, 2.24) is 4.98 Å². The molecular formula is C15H16ClN3O2. The zero-order valence-electron chi connectivity index (χ0n) is 11.8. The lowest BCUT2D eigenvalue weighted by Gasteiger charge is -2.19. The molecule has 1 aromatic carbocycles. The Balaban J connectivity index is 2.25. The number of hydrogen-bond donors (Lipinski definition) is 1. The van der Waals surface area contributed by atoms with E-state index >= 15 is 0 Å². The second-order valence-electron chi connectivity index (χ2n) is 4.57. The van der Waals surface area contributed by atoms with Gasteiger partial charge in [0.15, 0.2) is 0 Å². The molecule has 0 saturated heterocycles. The van der Waals surface area contributed by atoms with Gasteiger partial charge in [-0.25, -0.2) is 9.78 Å². The molecule has 2 N–H and O–H groups in total. The highest BCUT2D eigenvalue weighted by atomic mass is 35.5. The number of nitrogen functional groups attached to an aromatic ring is 1. The van der Waals surface area contributed by atoms with Crippen molar-refractivity contribution in [3.8, 4) is 0 Å². The topological polar surface area (TPSA) is 68.5 Å². The predicted octanol–water partition coefficient (Wildman–Crippen LogP) is 2.74. The van der Waals surface area contributed by atoms with E-state index in [0.29, 0.717) is 22.9 Å². The van der Waals surface area contributed by atoms with Crippen LogP contribution in [0.3, 0.4) is 0 Å². The van der Waals surface area contributed by atoms with Crippen LogP contribution in [0.4, 0.5) is 11.5 Å². The standard InChI is InChI=1S/C15H16ClN3O2/c1-19(9-10-5-3-4-6-12(10)16)14-7-11(15(20)21-2)13(17)8-18-14/h3-8H,9,17H2,1-2H3. The molecule has 6 heteroatoms. The molecule has 2 aromatic rings. The van der Waals surface area contributed by atoms with Gasteiger partial charge in [-0.1, -0.05) is 29.8 Å². The van der Waals surface area contributed by atoms with Crippen LogP contribution in [-0.4, -0.2) is 25.1 Å². The molecule has 2 rings (SSSR count). The van der Waals surface area contributed by atoms with E-state index in [4.69, 9.17) is 22.1 Å². The van der Waals surface area contributed by atoms with Crippen LogP contribution in [0.5, 0.6) is 0 Å². The molecule has 0 spiro atoms. The third kappa shape index (κ3) is 3.44. The number of benzene rings is 1. The molecule has 0 bridgehead atoms. The van der Waals surface area contributed by atoms with E-state index in [1.165, 1.54) is 13.3 Å². The van der Waals surface area contributed by atoms with E-state index in [9.17, 15) is 4.79 Å². The summed E-state index contributed by atoms with van der Waals surface area (Å²) in [6, 6.07) is 9.18. The Morgan fingerprint density at radius 1 is 1.43 bits per heavy atom. The van der Waals surface area contributed by atoms with Gasteiger partial charge in [0.2, 0.25) is 0 Å². The Kier molecular flexibility index (Phi) is 4.65. The fraction of sp³-hybridized carbons (Fsp3) is 0.200. The van der Waals surface area contributed by atoms with Crippen LogP contribution in [0.25, 0.3) is 0 Å². The molecule has 0 unspecified atom stereocenters. The maximum absolute atomic E-state index is 11.7. The summed E-state index contributed by atoms with van der Waals surface area (Å²) >= 11 is 6.14. The van der Waals surface area contributed by atoms with E-state index in [0.717, 1.165) is 5.56 Å². The first-order chi connectivity index (χ1) is 10.0. The average molecular weight is 306 g/mol. The lowest BCUT2D eigenvalue weighted by atomic mass is 10.2. The monoisotopic (exact) mass is 305 g/mol. The number of halogens is 1. The van der Waals surface area contributed by atoms with Crippen LogP contribution in [-0.2, 0) is 11.3 Å². The number of ether oxygens (including phenoxy) is 1. The molecule has 0 amide bonds. The third-order valence-corrected chi connectivity index (χ3v) is 3.45. The van der Waals surface area contributed by atoms with Gasteiger partial charge < -0.3 is 15.4 Å². The Bertz CT molecular complexity index is 661. The first-order valence-electron chi connectivity index (χ1n) is 6.31. The van der Waals surface area contributed by atoms with Gasteiger partial charge in [-0.15, -0.1) is 0 Å². The van der Waals surface area contributed by atoms with Crippen molar-refractivity contribution in [2.45, 2.75) is 6.54 Å². The number of aromatic nitrogens is 1. The Labute approximate surface area is 128 Å². The van der Waals surface area contributed by atoms with E-state index in [-0.39, 0.29) is 5.69 Å². The summed E-state index contributed by atoms with van der Waals surface area (Å²) in [5.74, 6) is 0.131. The lowest BCUT2D eigenvalue weighted by Crippen LogP contribution is -2.19. The third-order valence-electron chi connectivity index (χ3n) is 3.08. The largest absolute Gasteiger partial charge is 0.465 e. The number of carbonyl (C=O) groups excluding carboxylic acids is 1. The van der Waals surface area contributed by atoms with Gasteiger partial charge in [0.05, 0.1) is 24.6 Å². The maximum atomic E-state index is 11.7. The summed E-state index contributed by atoms with van der Waals surface area (Å²) in [6.07, 6.45) is 1.45. The van der Waals surface area contributed by atoms with E-state index < -0.39 is 5.97 Å². The van der Waals surface area contributed by atoms with Crippen LogP contribution in [0, 0.1) is 0 Å². The number of nitrogens with two attached hydrogens (primary N) is 1. The highest BCUT2D eigenvalue weighted by Gasteiger charge is 2.14. The number of nitrogens with zero attached hydrogens (tertiary/aromatic N) is 2. The summed E-state index contributed by atoms with van der Waals surface area (Å²) in [5, 5.41) is 0.688. The zero-order valence-corrected chi connectivity index (χ0v) is 12.6. The SMILES string of the molecule is COC(=O)c1cc(N(C)Cc2ccccc2Cl)ncc1N. The van der Waals surface area contributed by atoms with Gasteiger partial charge >= 0.3 is 5.97 Å². The van der Waals surface area contributed by atoms with Gasteiger partial charge in [0, 0.05) is 18.6 Å². The van der Waals surface area contributed by atoms with Crippen molar-refractivity contribution in [1.29, 1.82) is 0 Å². The molecule has 5 nitrogen and oxygen atoms in total. The lowest BCUT2D eigenvalue weighted by molar-refractivity contribution is 0.0602. The van der Waals surface area contributed by atoms with Crippen molar-refractivity contribution in [3.63, 3.8) is 0 Å². The summed E-state index contributed by atoms with van der Waals surface area (Å²) < 4.78 is 4.70. The molecule has 0 fully saturated rings. The Hall–Kier alpha value is -2.27. The quantitative estimate of drug-likeness (QED) is 0.880. The molecule has 21 heavy (non-hydrogen) atoms. The summed E-state index contributed by atoms with van der Waals surface area (Å²) in [7, 11) is 3.18. The van der Waals surface area contributed by atoms with E-state index in [2.05, 4.69) is 4.98 Å². The van der Waals surface area contributed by atoms with Crippen LogP contribution in [0.15, 0.2) is 36.5 Å². The molecule has 1 heterocycles. The van der Waals surface area contributed by atoms with Crippen molar-refractivity contribution >= 4 is 29.1 Å². The highest BCUT2D eigenvalue weighted by Crippen LogP contribution is 2.22. The zero-order chi connectivity index (χ0) is 15.4. The van der Waals surface area contributed by atoms with E-state index in [1.54, 1.807) is 6.07 Å². The number of rotatable bonds is 4. The van der Waals surface area contributed by atoms with Crippen LogP contribution < -0.4 is 10.6 Å². The smallest absolute Gasteiger partial charge is 0.340 e. The van der Waals surface area contributed by atoms with E-state index in [1.807, 2.05) is 36.2 Å². The Morgan fingerprint density at radius 2 is 2.14 bits per heavy atom. The second kappa shape index (κ2) is 6.45. The van der Waals surface area contributed by atoms with Crippen molar-refractivity contribution in [3.05, 3.63) is 52.7 Å². The normalized spacial score (nSPS) is 10.2. The molecule has 0 aliphatic carbocycles. The average Bonchev–Trinajstić information content (AvgIpc) is 2.49. The van der Waals surface area contributed by atoms with Gasteiger partial charge in [0.1, 0.15) is 5.82 Å². The van der Waals surface area contributed by atoms with Gasteiger partial charge in [-0.05, 0) is 17.7 Å². The predicted molar refractivity (Wildman–Crippen MR) is 83.5 cm³/mol. The first kappa shape index (κ1) is 15.1. The fourth-order valence-electron chi connectivity index (χ4n) is 1.91. The molecule has 0 saturated carbocycles. The summed E-state index contributed by atoms with van der Waals surface area (Å²) in [5.41, 5.74) is 7.30. The van der Waals surface area contributed by atoms with Crippen molar-refractivity contribution in [2.75, 3.05) is 24.8 Å². The maximum Gasteiger partial charge on any atom is 0.340 e. The number of anilines is 2. The highest BCUT2D eigenvalue weighted by molar-refractivity contribution is 6.31. The molecule has 0 atom stereocenters. The fourth-order valence-corrected chi connectivity index (χ4v) is 2.11. The number of esters is 1. The minimum atomic E-state index is -0.484. The minimum absolute atomic E-state index is 0.289. The van der Waals surface area contributed by atoms with Crippen LogP contribution in [0.2, 0.25) is 5.02 Å². The van der Waals surface area contributed by atoms with Crippen LogP contribution in [0.1, 0.15) is 15.9 Å². The molecule has 1 aromatic heterocycles. The van der Waals surface area contributed by atoms with Crippen LogP contribution >= 0.6 is 11.6 Å².